The molecule has 100 valence electrons. The Morgan fingerprint density at radius 1 is 1.18 bits per heavy atom. The molecule has 0 spiro atoms. The van der Waals surface area contributed by atoms with E-state index in [2.05, 4.69) is 23.6 Å². The lowest BCUT2D eigenvalue weighted by Crippen LogP contribution is -2.53. The van der Waals surface area contributed by atoms with Gasteiger partial charge in [0, 0.05) is 32.2 Å². The van der Waals surface area contributed by atoms with Gasteiger partial charge in [0.15, 0.2) is 0 Å². The first-order chi connectivity index (χ1) is 8.20. The molecule has 0 aromatic rings. The van der Waals surface area contributed by atoms with Gasteiger partial charge < -0.3 is 10.0 Å². The van der Waals surface area contributed by atoms with Crippen molar-refractivity contribution in [2.75, 3.05) is 32.7 Å². The number of aliphatic hydroxyl groups is 1. The molecular formula is C14H28N2O. The number of likely N-dealkylation sites (N-methyl/N-ethyl adjacent to an activating group) is 1. The van der Waals surface area contributed by atoms with Gasteiger partial charge in [-0.25, -0.2) is 0 Å². The zero-order valence-corrected chi connectivity index (χ0v) is 11.4. The maximum absolute atomic E-state index is 10.0. The Morgan fingerprint density at radius 3 is 2.59 bits per heavy atom. The Labute approximate surface area is 106 Å². The molecule has 0 amide bonds. The normalized spacial score (nSPS) is 37.2. The van der Waals surface area contributed by atoms with E-state index in [-0.39, 0.29) is 6.10 Å². The quantitative estimate of drug-likeness (QED) is 0.811. The van der Waals surface area contributed by atoms with Gasteiger partial charge in [0.05, 0.1) is 6.10 Å². The molecule has 1 N–H and O–H groups in total. The summed E-state index contributed by atoms with van der Waals surface area (Å²) in [7, 11) is 0. The fourth-order valence-electron chi connectivity index (χ4n) is 3.44. The van der Waals surface area contributed by atoms with Crippen molar-refractivity contribution in [2.24, 2.45) is 5.92 Å². The highest BCUT2D eigenvalue weighted by atomic mass is 16.3. The van der Waals surface area contributed by atoms with E-state index in [1.54, 1.807) is 0 Å². The second kappa shape index (κ2) is 6.17. The molecule has 3 atom stereocenters. The summed E-state index contributed by atoms with van der Waals surface area (Å²) in [4.78, 5) is 5.11. The number of hydrogen-bond donors (Lipinski definition) is 1. The van der Waals surface area contributed by atoms with E-state index in [1.807, 2.05) is 0 Å². The zero-order chi connectivity index (χ0) is 12.3. The molecule has 1 aliphatic heterocycles. The van der Waals surface area contributed by atoms with E-state index in [1.165, 1.54) is 45.4 Å². The fraction of sp³-hybridized carbons (Fsp3) is 1.00. The molecule has 3 unspecified atom stereocenters. The third-order valence-electron chi connectivity index (χ3n) is 4.62. The maximum atomic E-state index is 10.0. The summed E-state index contributed by atoms with van der Waals surface area (Å²) >= 11 is 0. The third-order valence-corrected chi connectivity index (χ3v) is 4.62. The zero-order valence-electron chi connectivity index (χ0n) is 11.4. The number of piperazine rings is 1. The first kappa shape index (κ1) is 13.3. The van der Waals surface area contributed by atoms with Crippen molar-refractivity contribution < 1.29 is 5.11 Å². The highest BCUT2D eigenvalue weighted by Crippen LogP contribution is 2.25. The molecule has 2 fully saturated rings. The summed E-state index contributed by atoms with van der Waals surface area (Å²) < 4.78 is 0. The summed E-state index contributed by atoms with van der Waals surface area (Å²) in [5.74, 6) is 0.532. The molecule has 3 nitrogen and oxygen atoms in total. The summed E-state index contributed by atoms with van der Waals surface area (Å²) in [6, 6.07) is 0.675. The molecule has 0 aromatic heterocycles. The van der Waals surface area contributed by atoms with E-state index >= 15 is 0 Å². The Kier molecular flexibility index (Phi) is 4.83. The minimum atomic E-state index is -0.0386. The molecule has 1 heterocycles. The lowest BCUT2D eigenvalue weighted by molar-refractivity contribution is 0.0214. The van der Waals surface area contributed by atoms with Crippen LogP contribution in [0.1, 0.15) is 39.5 Å². The van der Waals surface area contributed by atoms with Crippen LogP contribution < -0.4 is 0 Å². The Morgan fingerprint density at radius 2 is 1.94 bits per heavy atom. The smallest absolute Gasteiger partial charge is 0.0580 e. The third kappa shape index (κ3) is 3.43. The Balaban J connectivity index is 1.79. The average molecular weight is 240 g/mol. The first-order valence-electron chi connectivity index (χ1n) is 7.35. The number of nitrogens with zero attached hydrogens (tertiary/aromatic N) is 2. The van der Waals surface area contributed by atoms with Gasteiger partial charge in [-0.15, -0.1) is 0 Å². The number of aliphatic hydroxyl groups excluding tert-OH is 1. The predicted octanol–water partition coefficient (Wildman–Crippen LogP) is 1.56. The standard InChI is InChI=1S/C14H28N2O/c1-3-16-9-8-15(10-12(16)2)11-13-6-4-5-7-14(13)17/h12-14,17H,3-11H2,1-2H3. The van der Waals surface area contributed by atoms with Crippen LogP contribution in [0.4, 0.5) is 0 Å². The van der Waals surface area contributed by atoms with Crippen LogP contribution in [0, 0.1) is 5.92 Å². The van der Waals surface area contributed by atoms with Crippen LogP contribution in [0.15, 0.2) is 0 Å². The lowest BCUT2D eigenvalue weighted by Gasteiger charge is -2.41. The van der Waals surface area contributed by atoms with Crippen molar-refractivity contribution in [1.82, 2.24) is 9.80 Å². The van der Waals surface area contributed by atoms with Crippen molar-refractivity contribution >= 4 is 0 Å². The van der Waals surface area contributed by atoms with Crippen molar-refractivity contribution in [3.63, 3.8) is 0 Å². The highest BCUT2D eigenvalue weighted by Gasteiger charge is 2.28. The Bertz CT molecular complexity index is 234. The van der Waals surface area contributed by atoms with Gasteiger partial charge in [0.2, 0.25) is 0 Å². The van der Waals surface area contributed by atoms with Crippen molar-refractivity contribution in [2.45, 2.75) is 51.7 Å². The fourth-order valence-corrected chi connectivity index (χ4v) is 3.44. The van der Waals surface area contributed by atoms with Crippen molar-refractivity contribution in [1.29, 1.82) is 0 Å². The van der Waals surface area contributed by atoms with Crippen LogP contribution in [0.25, 0.3) is 0 Å². The first-order valence-corrected chi connectivity index (χ1v) is 7.35. The molecule has 2 aliphatic rings. The summed E-state index contributed by atoms with van der Waals surface area (Å²) in [6.07, 6.45) is 4.74. The van der Waals surface area contributed by atoms with Crippen LogP contribution in [-0.2, 0) is 0 Å². The molecule has 17 heavy (non-hydrogen) atoms. The van der Waals surface area contributed by atoms with Gasteiger partial charge in [-0.1, -0.05) is 19.8 Å². The SMILES string of the molecule is CCN1CCN(CC2CCCCC2O)CC1C. The second-order valence-corrected chi connectivity index (χ2v) is 5.85. The lowest BCUT2D eigenvalue weighted by atomic mass is 9.86. The molecule has 0 radical (unpaired) electrons. The minimum absolute atomic E-state index is 0.0386. The van der Waals surface area contributed by atoms with Crippen LogP contribution >= 0.6 is 0 Å². The van der Waals surface area contributed by atoms with Crippen molar-refractivity contribution in [3.8, 4) is 0 Å². The monoisotopic (exact) mass is 240 g/mol. The molecule has 1 saturated carbocycles. The van der Waals surface area contributed by atoms with Crippen LogP contribution in [0.5, 0.6) is 0 Å². The minimum Gasteiger partial charge on any atom is -0.393 e. The van der Waals surface area contributed by atoms with Crippen LogP contribution in [0.2, 0.25) is 0 Å². The number of hydrogen-bond acceptors (Lipinski definition) is 3. The van der Waals surface area contributed by atoms with Crippen molar-refractivity contribution in [3.05, 3.63) is 0 Å². The van der Waals surface area contributed by atoms with E-state index in [0.29, 0.717) is 12.0 Å². The van der Waals surface area contributed by atoms with E-state index in [9.17, 15) is 5.11 Å². The molecule has 1 aliphatic carbocycles. The van der Waals surface area contributed by atoms with Gasteiger partial charge >= 0.3 is 0 Å². The highest BCUT2D eigenvalue weighted by molar-refractivity contribution is 4.83. The molecular weight excluding hydrogens is 212 g/mol. The average Bonchev–Trinajstić information content (AvgIpc) is 2.32. The van der Waals surface area contributed by atoms with Gasteiger partial charge in [-0.05, 0) is 32.2 Å². The molecule has 1 saturated heterocycles. The van der Waals surface area contributed by atoms with E-state index < -0.39 is 0 Å². The molecule has 3 heteroatoms. The van der Waals surface area contributed by atoms with Crippen LogP contribution in [0.3, 0.4) is 0 Å². The summed E-state index contributed by atoms with van der Waals surface area (Å²) in [5, 5.41) is 10.0. The summed E-state index contributed by atoms with van der Waals surface area (Å²) in [6.45, 7) is 10.4. The summed E-state index contributed by atoms with van der Waals surface area (Å²) in [5.41, 5.74) is 0. The van der Waals surface area contributed by atoms with E-state index in [4.69, 9.17) is 0 Å². The number of rotatable bonds is 3. The maximum Gasteiger partial charge on any atom is 0.0580 e. The molecule has 0 bridgehead atoms. The van der Waals surface area contributed by atoms with Gasteiger partial charge in [0.1, 0.15) is 0 Å². The predicted molar refractivity (Wildman–Crippen MR) is 71.1 cm³/mol. The topological polar surface area (TPSA) is 26.7 Å². The van der Waals surface area contributed by atoms with E-state index in [0.717, 1.165) is 13.0 Å². The van der Waals surface area contributed by atoms with Crippen LogP contribution in [-0.4, -0.2) is 59.8 Å². The second-order valence-electron chi connectivity index (χ2n) is 5.85. The molecule has 2 rings (SSSR count). The Hall–Kier alpha value is -0.120. The van der Waals surface area contributed by atoms with Gasteiger partial charge in [-0.2, -0.15) is 0 Å². The van der Waals surface area contributed by atoms with Gasteiger partial charge in [-0.3, -0.25) is 4.90 Å². The largest absolute Gasteiger partial charge is 0.393 e. The van der Waals surface area contributed by atoms with Gasteiger partial charge in [0.25, 0.3) is 0 Å². The molecule has 0 aromatic carbocycles.